The average Bonchev–Trinajstić information content (AvgIpc) is 3.76. The molecule has 2 bridgehead atoms. The van der Waals surface area contributed by atoms with Gasteiger partial charge in [-0.1, -0.05) is 6.07 Å². The van der Waals surface area contributed by atoms with Crippen LogP contribution in [0, 0.1) is 11.8 Å². The molecule has 1 amide bonds. The van der Waals surface area contributed by atoms with Crippen molar-refractivity contribution in [2.24, 2.45) is 11.8 Å². The minimum atomic E-state index is -0.920. The molecule has 4 fully saturated rings. The van der Waals surface area contributed by atoms with Crippen molar-refractivity contribution < 1.29 is 24.2 Å². The first-order valence-corrected chi connectivity index (χ1v) is 13.7. The van der Waals surface area contributed by atoms with Gasteiger partial charge in [0.2, 0.25) is 5.91 Å². The normalized spacial score (nSPS) is 39.9. The highest BCUT2D eigenvalue weighted by molar-refractivity contribution is 5.83. The number of carbonyl (C=O) groups is 1. The molecule has 6 aliphatic rings. The van der Waals surface area contributed by atoms with E-state index in [1.807, 2.05) is 24.1 Å². The first kappa shape index (κ1) is 21.6. The van der Waals surface area contributed by atoms with Crippen LogP contribution in [0.1, 0.15) is 61.1 Å². The Morgan fingerprint density at radius 2 is 2.08 bits per heavy atom. The van der Waals surface area contributed by atoms with E-state index in [-0.39, 0.29) is 41.7 Å². The molecule has 8 rings (SSSR count). The molecule has 1 aromatic heterocycles. The van der Waals surface area contributed by atoms with Gasteiger partial charge >= 0.3 is 0 Å². The summed E-state index contributed by atoms with van der Waals surface area (Å²) in [4.78, 5) is 18.1. The van der Waals surface area contributed by atoms with Gasteiger partial charge in [-0.15, -0.1) is 0 Å². The molecule has 2 aliphatic heterocycles. The number of aromatic hydroxyl groups is 1. The molecule has 7 nitrogen and oxygen atoms in total. The van der Waals surface area contributed by atoms with Gasteiger partial charge in [0.25, 0.3) is 0 Å². The van der Waals surface area contributed by atoms with Crippen molar-refractivity contribution >= 4 is 5.91 Å². The summed E-state index contributed by atoms with van der Waals surface area (Å²) < 4.78 is 11.9. The Kier molecular flexibility index (Phi) is 4.24. The number of phenolic OH excluding ortho intramolecular Hbond substituents is 1. The van der Waals surface area contributed by atoms with E-state index in [0.29, 0.717) is 18.6 Å². The lowest BCUT2D eigenvalue weighted by molar-refractivity contribution is -0.200. The molecule has 7 heteroatoms. The molecule has 4 aliphatic carbocycles. The third-order valence-corrected chi connectivity index (χ3v) is 10.7. The number of benzene rings is 1. The molecule has 0 unspecified atom stereocenters. The van der Waals surface area contributed by atoms with Gasteiger partial charge in [-0.25, -0.2) is 0 Å². The number of nitrogens with zero attached hydrogens (tertiary/aromatic N) is 2. The second-order valence-electron chi connectivity index (χ2n) is 12.4. The maximum Gasteiger partial charge on any atom is 0.226 e. The van der Waals surface area contributed by atoms with Crippen LogP contribution in [0.3, 0.4) is 0 Å². The van der Waals surface area contributed by atoms with Crippen molar-refractivity contribution in [2.75, 3.05) is 20.1 Å². The molecule has 1 saturated heterocycles. The molecular formula is C29H34N2O5. The maximum absolute atomic E-state index is 13.7. The molecule has 2 N–H and O–H groups in total. The number of piperidine rings is 1. The Labute approximate surface area is 211 Å². The molecule has 3 saturated carbocycles. The Morgan fingerprint density at radius 1 is 1.22 bits per heavy atom. The number of carbonyl (C=O) groups excluding carboxylic acids is 1. The van der Waals surface area contributed by atoms with Crippen molar-refractivity contribution in [3.05, 3.63) is 47.4 Å². The average molecular weight is 491 g/mol. The fourth-order valence-corrected chi connectivity index (χ4v) is 8.60. The van der Waals surface area contributed by atoms with E-state index in [2.05, 4.69) is 4.90 Å². The first-order chi connectivity index (χ1) is 17.4. The number of likely N-dealkylation sites (tertiary alicyclic amines) is 1. The Hall–Kier alpha value is -2.51. The number of rotatable bonds is 5. The number of aliphatic hydroxyl groups is 1. The summed E-state index contributed by atoms with van der Waals surface area (Å²) in [6.07, 6.45) is 9.42. The fourth-order valence-electron chi connectivity index (χ4n) is 8.60. The molecule has 7 atom stereocenters. The Bertz CT molecular complexity index is 1240. The molecule has 3 heterocycles. The lowest BCUT2D eigenvalue weighted by Crippen LogP contribution is -2.78. The highest BCUT2D eigenvalue weighted by Crippen LogP contribution is 2.66. The van der Waals surface area contributed by atoms with Gasteiger partial charge in [0.15, 0.2) is 11.5 Å². The van der Waals surface area contributed by atoms with Crippen LogP contribution in [-0.2, 0) is 16.6 Å². The Morgan fingerprint density at radius 3 is 2.86 bits per heavy atom. The number of hydrogen-bond acceptors (Lipinski definition) is 6. The van der Waals surface area contributed by atoms with Crippen LogP contribution in [-0.4, -0.2) is 69.8 Å². The van der Waals surface area contributed by atoms with Crippen molar-refractivity contribution in [2.45, 2.75) is 80.1 Å². The van der Waals surface area contributed by atoms with E-state index in [1.54, 1.807) is 18.6 Å². The van der Waals surface area contributed by atoms with Gasteiger partial charge in [-0.05, 0) is 86.6 Å². The van der Waals surface area contributed by atoms with Crippen LogP contribution < -0.4 is 4.74 Å². The topological polar surface area (TPSA) is 86.4 Å². The molecule has 0 radical (unpaired) electrons. The zero-order chi connectivity index (χ0) is 24.4. The minimum Gasteiger partial charge on any atom is -0.504 e. The van der Waals surface area contributed by atoms with E-state index in [0.717, 1.165) is 49.4 Å². The summed E-state index contributed by atoms with van der Waals surface area (Å²) in [7, 11) is 1.91. The van der Waals surface area contributed by atoms with E-state index in [1.165, 1.54) is 18.4 Å². The summed E-state index contributed by atoms with van der Waals surface area (Å²) in [6.45, 7) is 1.99. The zero-order valence-corrected chi connectivity index (χ0v) is 20.7. The van der Waals surface area contributed by atoms with Gasteiger partial charge in [0.1, 0.15) is 6.10 Å². The van der Waals surface area contributed by atoms with Gasteiger partial charge in [-0.2, -0.15) is 0 Å². The Balaban J connectivity index is 1.17. The number of ether oxygens (including phenoxy) is 1. The monoisotopic (exact) mass is 490 g/mol. The summed E-state index contributed by atoms with van der Waals surface area (Å²) in [5.41, 5.74) is 1.79. The largest absolute Gasteiger partial charge is 0.504 e. The smallest absolute Gasteiger partial charge is 0.226 e. The van der Waals surface area contributed by atoms with E-state index in [4.69, 9.17) is 9.15 Å². The van der Waals surface area contributed by atoms with E-state index < -0.39 is 11.0 Å². The lowest BCUT2D eigenvalue weighted by Gasteiger charge is -2.64. The summed E-state index contributed by atoms with van der Waals surface area (Å²) >= 11 is 0. The van der Waals surface area contributed by atoms with Crippen LogP contribution in [0.4, 0.5) is 0 Å². The molecular weight excluding hydrogens is 456 g/mol. The van der Waals surface area contributed by atoms with Gasteiger partial charge in [0, 0.05) is 31.1 Å². The summed E-state index contributed by atoms with van der Waals surface area (Å²) in [6, 6.07) is 5.65. The number of phenols is 1. The third kappa shape index (κ3) is 2.63. The van der Waals surface area contributed by atoms with Crippen LogP contribution in [0.5, 0.6) is 11.5 Å². The lowest BCUT2D eigenvalue weighted by atomic mass is 9.48. The van der Waals surface area contributed by atoms with Crippen LogP contribution >= 0.6 is 0 Å². The predicted octanol–water partition coefficient (Wildman–Crippen LogP) is 3.18. The second-order valence-corrected chi connectivity index (χ2v) is 12.4. The number of hydrogen-bond donors (Lipinski definition) is 2. The van der Waals surface area contributed by atoms with Gasteiger partial charge in [0.05, 0.1) is 29.6 Å². The number of likely N-dealkylation sites (N-methyl/N-ethyl adjacent to an activating group) is 1. The van der Waals surface area contributed by atoms with Crippen LogP contribution in [0.2, 0.25) is 0 Å². The minimum absolute atomic E-state index is 0.0295. The highest BCUT2D eigenvalue weighted by Gasteiger charge is 2.73. The van der Waals surface area contributed by atoms with Crippen molar-refractivity contribution in [1.29, 1.82) is 0 Å². The SMILES string of the molecule is CN(C(=O)[C@H]1C[C@@H]1c1ccoc1)[C@H]1CC[C@@]2(O)[C@H]3Cc4ccc(O)c5c4[C@@]2(CCN3CC2CC2)[C@H]1O5. The van der Waals surface area contributed by atoms with Crippen LogP contribution in [0.25, 0.3) is 0 Å². The molecule has 2 aromatic rings. The van der Waals surface area contributed by atoms with E-state index >= 15 is 0 Å². The van der Waals surface area contributed by atoms with Crippen molar-refractivity contribution in [3.8, 4) is 11.5 Å². The maximum atomic E-state index is 13.7. The van der Waals surface area contributed by atoms with Gasteiger partial charge < -0.3 is 24.3 Å². The fraction of sp³-hybridized carbons (Fsp3) is 0.621. The number of amides is 1. The molecule has 1 spiro atoms. The molecule has 190 valence electrons. The quantitative estimate of drug-likeness (QED) is 0.670. The summed E-state index contributed by atoms with van der Waals surface area (Å²) in [5, 5.41) is 23.5. The second kappa shape index (κ2) is 7.07. The molecule has 36 heavy (non-hydrogen) atoms. The number of furan rings is 1. The zero-order valence-electron chi connectivity index (χ0n) is 20.7. The molecule has 1 aromatic carbocycles. The van der Waals surface area contributed by atoms with Gasteiger partial charge in [-0.3, -0.25) is 9.69 Å². The van der Waals surface area contributed by atoms with Crippen molar-refractivity contribution in [1.82, 2.24) is 9.80 Å². The first-order valence-electron chi connectivity index (χ1n) is 13.7. The standard InChI is InChI=1S/C29H34N2O5/c1-30(27(33)20-13-19(20)18-7-11-35-15-18)21-6-8-29(34)23-12-17-4-5-22(32)25-24(17)28(29,26(21)36-25)9-10-31(23)14-16-2-3-16/h4-5,7,11,15-16,19-21,23,26,32,34H,2-3,6,8-10,12-14H2,1H3/t19-,20+,21+,23-,26+,28+,29-/m1/s1. The highest BCUT2D eigenvalue weighted by atomic mass is 16.5. The van der Waals surface area contributed by atoms with Crippen LogP contribution in [0.15, 0.2) is 35.1 Å². The van der Waals surface area contributed by atoms with Crippen molar-refractivity contribution in [3.63, 3.8) is 0 Å². The predicted molar refractivity (Wildman–Crippen MR) is 131 cm³/mol. The van der Waals surface area contributed by atoms with E-state index in [9.17, 15) is 15.0 Å². The summed E-state index contributed by atoms with van der Waals surface area (Å²) in [5.74, 6) is 1.79. The third-order valence-electron chi connectivity index (χ3n) is 10.7.